The third-order valence-corrected chi connectivity index (χ3v) is 3.67. The molecule has 0 bridgehead atoms. The SMILES string of the molecule is Clc1cccc(NCc2ccccc2)c1Br. The van der Waals surface area contributed by atoms with Crippen LogP contribution in [0.25, 0.3) is 0 Å². The fourth-order valence-corrected chi connectivity index (χ4v) is 2.01. The molecule has 0 amide bonds. The second-order valence-corrected chi connectivity index (χ2v) is 4.64. The van der Waals surface area contributed by atoms with Gasteiger partial charge in [-0.1, -0.05) is 48.0 Å². The van der Waals surface area contributed by atoms with Crippen molar-refractivity contribution < 1.29 is 0 Å². The van der Waals surface area contributed by atoms with Gasteiger partial charge in [-0.25, -0.2) is 0 Å². The maximum Gasteiger partial charge on any atom is 0.0593 e. The molecule has 16 heavy (non-hydrogen) atoms. The fourth-order valence-electron chi connectivity index (χ4n) is 1.43. The Morgan fingerprint density at radius 3 is 2.50 bits per heavy atom. The number of hydrogen-bond donors (Lipinski definition) is 1. The van der Waals surface area contributed by atoms with Crippen LogP contribution in [-0.4, -0.2) is 0 Å². The predicted octanol–water partition coefficient (Wildman–Crippen LogP) is 4.71. The van der Waals surface area contributed by atoms with Crippen LogP contribution in [0.4, 0.5) is 5.69 Å². The van der Waals surface area contributed by atoms with E-state index in [-0.39, 0.29) is 0 Å². The number of nitrogens with one attached hydrogen (secondary N) is 1. The highest BCUT2D eigenvalue weighted by molar-refractivity contribution is 9.10. The van der Waals surface area contributed by atoms with Gasteiger partial charge in [0.25, 0.3) is 0 Å². The lowest BCUT2D eigenvalue weighted by atomic mass is 10.2. The molecule has 0 aliphatic rings. The summed E-state index contributed by atoms with van der Waals surface area (Å²) in [5.74, 6) is 0. The van der Waals surface area contributed by atoms with Crippen LogP contribution in [0.2, 0.25) is 5.02 Å². The molecule has 0 aliphatic carbocycles. The lowest BCUT2D eigenvalue weighted by Crippen LogP contribution is -1.99. The number of benzene rings is 2. The van der Waals surface area contributed by atoms with Gasteiger partial charge in [0.15, 0.2) is 0 Å². The Bertz CT molecular complexity index is 471. The molecule has 82 valence electrons. The zero-order valence-electron chi connectivity index (χ0n) is 8.58. The van der Waals surface area contributed by atoms with Crippen molar-refractivity contribution in [2.45, 2.75) is 6.54 Å². The molecule has 0 saturated carbocycles. The molecule has 0 aromatic heterocycles. The molecule has 0 aliphatic heterocycles. The van der Waals surface area contributed by atoms with Gasteiger partial charge in [0.05, 0.1) is 15.2 Å². The van der Waals surface area contributed by atoms with Crippen molar-refractivity contribution in [3.8, 4) is 0 Å². The first-order valence-electron chi connectivity index (χ1n) is 4.99. The molecular formula is C13H11BrClN. The summed E-state index contributed by atoms with van der Waals surface area (Å²) in [5.41, 5.74) is 2.26. The Morgan fingerprint density at radius 1 is 1.00 bits per heavy atom. The van der Waals surface area contributed by atoms with Crippen LogP contribution in [0.1, 0.15) is 5.56 Å². The van der Waals surface area contributed by atoms with Gasteiger partial charge in [-0.2, -0.15) is 0 Å². The Labute approximate surface area is 109 Å². The average molecular weight is 297 g/mol. The van der Waals surface area contributed by atoms with Gasteiger partial charge in [0, 0.05) is 6.54 Å². The molecule has 2 aromatic rings. The summed E-state index contributed by atoms with van der Waals surface area (Å²) < 4.78 is 0.910. The summed E-state index contributed by atoms with van der Waals surface area (Å²) >= 11 is 9.47. The normalized spacial score (nSPS) is 10.1. The Hall–Kier alpha value is -0.990. The van der Waals surface area contributed by atoms with Gasteiger partial charge in [0.2, 0.25) is 0 Å². The lowest BCUT2D eigenvalue weighted by Gasteiger charge is -2.09. The minimum absolute atomic E-state index is 0.720. The van der Waals surface area contributed by atoms with Crippen molar-refractivity contribution in [1.82, 2.24) is 0 Å². The van der Waals surface area contributed by atoms with Gasteiger partial charge in [-0.3, -0.25) is 0 Å². The van der Waals surface area contributed by atoms with Crippen LogP contribution in [0, 0.1) is 0 Å². The summed E-state index contributed by atoms with van der Waals surface area (Å²) in [7, 11) is 0. The summed E-state index contributed by atoms with van der Waals surface area (Å²) in [6, 6.07) is 16.0. The van der Waals surface area contributed by atoms with E-state index in [0.29, 0.717) is 0 Å². The Balaban J connectivity index is 2.08. The molecule has 3 heteroatoms. The largest absolute Gasteiger partial charge is 0.380 e. The average Bonchev–Trinajstić information content (AvgIpc) is 2.32. The second kappa shape index (κ2) is 5.37. The molecule has 1 nitrogen and oxygen atoms in total. The van der Waals surface area contributed by atoms with E-state index in [0.717, 1.165) is 21.7 Å². The molecule has 2 rings (SSSR count). The van der Waals surface area contributed by atoms with E-state index in [4.69, 9.17) is 11.6 Å². The maximum absolute atomic E-state index is 6.01. The van der Waals surface area contributed by atoms with E-state index < -0.39 is 0 Å². The van der Waals surface area contributed by atoms with Crippen molar-refractivity contribution in [3.63, 3.8) is 0 Å². The van der Waals surface area contributed by atoms with E-state index in [2.05, 4.69) is 33.4 Å². The van der Waals surface area contributed by atoms with E-state index in [1.165, 1.54) is 5.56 Å². The molecule has 2 aromatic carbocycles. The molecule has 0 fully saturated rings. The third-order valence-electron chi connectivity index (χ3n) is 2.28. The smallest absolute Gasteiger partial charge is 0.0593 e. The number of anilines is 1. The highest BCUT2D eigenvalue weighted by atomic mass is 79.9. The summed E-state index contributed by atoms with van der Waals surface area (Å²) in [6.07, 6.45) is 0. The number of halogens is 2. The standard InChI is InChI=1S/C13H11BrClN/c14-13-11(15)7-4-8-12(13)16-9-10-5-2-1-3-6-10/h1-8,16H,9H2. The minimum Gasteiger partial charge on any atom is -0.380 e. The first-order chi connectivity index (χ1) is 7.77. The quantitative estimate of drug-likeness (QED) is 0.864. The highest BCUT2D eigenvalue weighted by Crippen LogP contribution is 2.30. The van der Waals surface area contributed by atoms with Gasteiger partial charge in [-0.05, 0) is 33.6 Å². The topological polar surface area (TPSA) is 12.0 Å². The monoisotopic (exact) mass is 295 g/mol. The first-order valence-corrected chi connectivity index (χ1v) is 6.16. The molecule has 0 saturated heterocycles. The van der Waals surface area contributed by atoms with Gasteiger partial charge < -0.3 is 5.32 Å². The zero-order valence-corrected chi connectivity index (χ0v) is 10.9. The third kappa shape index (κ3) is 2.77. The molecule has 0 unspecified atom stereocenters. The van der Waals surface area contributed by atoms with Gasteiger partial charge >= 0.3 is 0 Å². The van der Waals surface area contributed by atoms with Crippen molar-refractivity contribution >= 4 is 33.2 Å². The molecule has 0 heterocycles. The zero-order chi connectivity index (χ0) is 11.4. The van der Waals surface area contributed by atoms with E-state index >= 15 is 0 Å². The first kappa shape index (κ1) is 11.5. The Morgan fingerprint density at radius 2 is 1.75 bits per heavy atom. The van der Waals surface area contributed by atoms with Crippen molar-refractivity contribution in [2.75, 3.05) is 5.32 Å². The highest BCUT2D eigenvalue weighted by Gasteiger charge is 2.02. The van der Waals surface area contributed by atoms with E-state index in [1.807, 2.05) is 36.4 Å². The van der Waals surface area contributed by atoms with Crippen LogP contribution < -0.4 is 5.32 Å². The second-order valence-electron chi connectivity index (χ2n) is 3.44. The molecule has 0 radical (unpaired) electrons. The van der Waals surface area contributed by atoms with Crippen LogP contribution >= 0.6 is 27.5 Å². The van der Waals surface area contributed by atoms with E-state index in [9.17, 15) is 0 Å². The van der Waals surface area contributed by atoms with Crippen LogP contribution in [-0.2, 0) is 6.54 Å². The summed E-state index contributed by atoms with van der Waals surface area (Å²) in [4.78, 5) is 0. The molecule has 1 N–H and O–H groups in total. The molecule has 0 atom stereocenters. The van der Waals surface area contributed by atoms with Crippen LogP contribution in [0.3, 0.4) is 0 Å². The maximum atomic E-state index is 6.01. The van der Waals surface area contributed by atoms with Crippen LogP contribution in [0.15, 0.2) is 53.0 Å². The van der Waals surface area contributed by atoms with E-state index in [1.54, 1.807) is 0 Å². The number of hydrogen-bond acceptors (Lipinski definition) is 1. The Kier molecular flexibility index (Phi) is 3.86. The van der Waals surface area contributed by atoms with Gasteiger partial charge in [0.1, 0.15) is 0 Å². The van der Waals surface area contributed by atoms with Gasteiger partial charge in [-0.15, -0.1) is 0 Å². The van der Waals surface area contributed by atoms with Crippen molar-refractivity contribution in [1.29, 1.82) is 0 Å². The summed E-state index contributed by atoms with van der Waals surface area (Å²) in [5, 5.41) is 4.06. The summed E-state index contributed by atoms with van der Waals surface area (Å²) in [6.45, 7) is 0.791. The molecular weight excluding hydrogens is 286 g/mol. The van der Waals surface area contributed by atoms with Crippen molar-refractivity contribution in [2.24, 2.45) is 0 Å². The number of rotatable bonds is 3. The van der Waals surface area contributed by atoms with Crippen LogP contribution in [0.5, 0.6) is 0 Å². The lowest BCUT2D eigenvalue weighted by molar-refractivity contribution is 1.15. The van der Waals surface area contributed by atoms with Crippen molar-refractivity contribution in [3.05, 3.63) is 63.6 Å². The predicted molar refractivity (Wildman–Crippen MR) is 72.9 cm³/mol. The minimum atomic E-state index is 0.720. The fraction of sp³-hybridized carbons (Fsp3) is 0.0769. The molecule has 0 spiro atoms.